The molecule has 104 valence electrons. The number of ether oxygens (including phenoxy) is 1. The van der Waals surface area contributed by atoms with Gasteiger partial charge >= 0.3 is 0 Å². The van der Waals surface area contributed by atoms with Crippen molar-refractivity contribution in [3.05, 3.63) is 42.0 Å². The van der Waals surface area contributed by atoms with Crippen molar-refractivity contribution >= 4 is 29.9 Å². The predicted octanol–water partition coefficient (Wildman–Crippen LogP) is 2.61. The Kier molecular flexibility index (Phi) is 5.65. The summed E-state index contributed by atoms with van der Waals surface area (Å²) in [4.78, 5) is 4.22. The summed E-state index contributed by atoms with van der Waals surface area (Å²) in [7, 11) is 0. The lowest BCUT2D eigenvalue weighted by molar-refractivity contribution is 0.219. The molecule has 2 unspecified atom stereocenters. The number of nitrogens with one attached hydrogen (secondary N) is 1. The third kappa shape index (κ3) is 3.86. The summed E-state index contributed by atoms with van der Waals surface area (Å²) in [5, 5.41) is 3.20. The molecule has 0 amide bonds. The summed E-state index contributed by atoms with van der Waals surface area (Å²) in [5.74, 6) is 1.34. The van der Waals surface area contributed by atoms with Crippen molar-refractivity contribution in [3.63, 3.8) is 0 Å². The summed E-state index contributed by atoms with van der Waals surface area (Å²) < 4.78 is 5.76. The lowest BCUT2D eigenvalue weighted by Crippen LogP contribution is -2.38. The molecule has 0 saturated carbocycles. The van der Waals surface area contributed by atoms with Crippen LogP contribution in [0.4, 0.5) is 0 Å². The third-order valence-corrected chi connectivity index (χ3v) is 2.86. The van der Waals surface area contributed by atoms with Crippen LogP contribution in [0.15, 0.2) is 41.4 Å². The smallest absolute Gasteiger partial charge is 0.189 e. The van der Waals surface area contributed by atoms with E-state index >= 15 is 0 Å². The number of aliphatic imine (C=N–C) groups is 1. The van der Waals surface area contributed by atoms with Crippen LogP contribution in [0.1, 0.15) is 25.5 Å². The van der Waals surface area contributed by atoms with Gasteiger partial charge in [-0.3, -0.25) is 0 Å². The Labute approximate surface area is 131 Å². The SMILES string of the molecule is C=C(C)CN=C(N)NC1c2ccccc2OC1C.I. The fourth-order valence-electron chi connectivity index (χ4n) is 1.99. The van der Waals surface area contributed by atoms with E-state index in [2.05, 4.69) is 16.9 Å². The van der Waals surface area contributed by atoms with E-state index < -0.39 is 0 Å². The lowest BCUT2D eigenvalue weighted by atomic mass is 10.1. The lowest BCUT2D eigenvalue weighted by Gasteiger charge is -2.17. The van der Waals surface area contributed by atoms with Crippen LogP contribution in [0.5, 0.6) is 5.75 Å². The molecule has 3 N–H and O–H groups in total. The Morgan fingerprint density at radius 1 is 1.47 bits per heavy atom. The van der Waals surface area contributed by atoms with Crippen molar-refractivity contribution in [1.29, 1.82) is 0 Å². The highest BCUT2D eigenvalue weighted by molar-refractivity contribution is 14.0. The zero-order valence-corrected chi connectivity index (χ0v) is 13.5. The Balaban J connectivity index is 0.00000180. The van der Waals surface area contributed by atoms with E-state index in [0.29, 0.717) is 12.5 Å². The van der Waals surface area contributed by atoms with E-state index in [4.69, 9.17) is 10.5 Å². The highest BCUT2D eigenvalue weighted by Crippen LogP contribution is 2.35. The van der Waals surface area contributed by atoms with Crippen molar-refractivity contribution < 1.29 is 4.74 Å². The summed E-state index contributed by atoms with van der Waals surface area (Å²) >= 11 is 0. The first kappa shape index (κ1) is 15.8. The molecule has 0 spiro atoms. The fourth-order valence-corrected chi connectivity index (χ4v) is 1.99. The van der Waals surface area contributed by atoms with Gasteiger partial charge in [-0.1, -0.05) is 30.4 Å². The molecule has 0 bridgehead atoms. The molecule has 1 aliphatic heterocycles. The average Bonchev–Trinajstić information content (AvgIpc) is 2.64. The van der Waals surface area contributed by atoms with Crippen molar-refractivity contribution in [3.8, 4) is 5.75 Å². The molecule has 1 aromatic carbocycles. The van der Waals surface area contributed by atoms with E-state index in [-0.39, 0.29) is 36.1 Å². The van der Waals surface area contributed by atoms with E-state index in [1.807, 2.05) is 38.1 Å². The van der Waals surface area contributed by atoms with Gasteiger partial charge in [-0.05, 0) is 19.9 Å². The molecular weight excluding hydrogens is 353 g/mol. The number of fused-ring (bicyclic) bond motifs is 1. The van der Waals surface area contributed by atoms with Gasteiger partial charge in [-0.15, -0.1) is 24.0 Å². The van der Waals surface area contributed by atoms with Crippen molar-refractivity contribution in [1.82, 2.24) is 5.32 Å². The van der Waals surface area contributed by atoms with Gasteiger partial charge in [0.1, 0.15) is 11.9 Å². The number of nitrogens with zero attached hydrogens (tertiary/aromatic N) is 1. The average molecular weight is 373 g/mol. The number of rotatable bonds is 3. The van der Waals surface area contributed by atoms with Crippen LogP contribution < -0.4 is 15.8 Å². The second kappa shape index (κ2) is 6.79. The minimum atomic E-state index is 0. The summed E-state index contributed by atoms with van der Waals surface area (Å²) in [5.41, 5.74) is 7.97. The van der Waals surface area contributed by atoms with Gasteiger partial charge in [0.05, 0.1) is 12.6 Å². The molecule has 0 aromatic heterocycles. The van der Waals surface area contributed by atoms with Crippen LogP contribution in [-0.4, -0.2) is 18.6 Å². The Morgan fingerprint density at radius 2 is 2.16 bits per heavy atom. The number of nitrogens with two attached hydrogens (primary N) is 1. The van der Waals surface area contributed by atoms with Crippen molar-refractivity contribution in [2.24, 2.45) is 10.7 Å². The first-order valence-corrected chi connectivity index (χ1v) is 6.04. The van der Waals surface area contributed by atoms with Crippen LogP contribution in [0.25, 0.3) is 0 Å². The van der Waals surface area contributed by atoms with Gasteiger partial charge in [-0.25, -0.2) is 4.99 Å². The standard InChI is InChI=1S/C14H19N3O.HI/c1-9(2)8-16-14(15)17-13-10(3)18-12-7-5-4-6-11(12)13;/h4-7,10,13H,1,8H2,2-3H3,(H3,15,16,17);1H. The van der Waals surface area contributed by atoms with Crippen LogP contribution in [0, 0.1) is 0 Å². The number of hydrogen-bond acceptors (Lipinski definition) is 2. The van der Waals surface area contributed by atoms with Gasteiger partial charge in [0.25, 0.3) is 0 Å². The molecule has 19 heavy (non-hydrogen) atoms. The molecule has 1 aliphatic rings. The van der Waals surface area contributed by atoms with Gasteiger partial charge in [-0.2, -0.15) is 0 Å². The van der Waals surface area contributed by atoms with E-state index in [0.717, 1.165) is 16.9 Å². The number of halogens is 1. The second-order valence-corrected chi connectivity index (χ2v) is 4.64. The number of hydrogen-bond donors (Lipinski definition) is 2. The largest absolute Gasteiger partial charge is 0.488 e. The molecular formula is C14H20IN3O. The zero-order valence-electron chi connectivity index (χ0n) is 11.2. The maximum atomic E-state index is 5.86. The molecule has 2 atom stereocenters. The molecule has 0 fully saturated rings. The first-order valence-electron chi connectivity index (χ1n) is 6.04. The summed E-state index contributed by atoms with van der Waals surface area (Å²) in [6.07, 6.45) is 0.0426. The van der Waals surface area contributed by atoms with Crippen LogP contribution in [0.2, 0.25) is 0 Å². The number of guanidine groups is 1. The van der Waals surface area contributed by atoms with E-state index in [1.54, 1.807) is 0 Å². The van der Waals surface area contributed by atoms with Crippen LogP contribution in [-0.2, 0) is 0 Å². The summed E-state index contributed by atoms with van der Waals surface area (Å²) in [6.45, 7) is 8.28. The normalized spacial score (nSPS) is 21.1. The zero-order chi connectivity index (χ0) is 13.1. The van der Waals surface area contributed by atoms with Crippen LogP contribution in [0.3, 0.4) is 0 Å². The fraction of sp³-hybridized carbons (Fsp3) is 0.357. The van der Waals surface area contributed by atoms with E-state index in [9.17, 15) is 0 Å². The molecule has 2 rings (SSSR count). The number of benzene rings is 1. The highest BCUT2D eigenvalue weighted by Gasteiger charge is 2.30. The maximum Gasteiger partial charge on any atom is 0.189 e. The molecule has 0 saturated heterocycles. The molecule has 4 nitrogen and oxygen atoms in total. The minimum Gasteiger partial charge on any atom is -0.488 e. The summed E-state index contributed by atoms with van der Waals surface area (Å²) in [6, 6.07) is 8.02. The minimum absolute atomic E-state index is 0. The van der Waals surface area contributed by atoms with Gasteiger partial charge < -0.3 is 15.8 Å². The van der Waals surface area contributed by atoms with Crippen molar-refractivity contribution in [2.75, 3.05) is 6.54 Å². The second-order valence-electron chi connectivity index (χ2n) is 4.64. The van der Waals surface area contributed by atoms with E-state index in [1.165, 1.54) is 0 Å². The monoisotopic (exact) mass is 373 g/mol. The quantitative estimate of drug-likeness (QED) is 0.371. The Bertz CT molecular complexity index is 487. The Morgan fingerprint density at radius 3 is 2.84 bits per heavy atom. The molecule has 1 heterocycles. The third-order valence-electron chi connectivity index (χ3n) is 2.86. The van der Waals surface area contributed by atoms with Gasteiger partial charge in [0.2, 0.25) is 0 Å². The van der Waals surface area contributed by atoms with Crippen molar-refractivity contribution in [2.45, 2.75) is 26.0 Å². The molecule has 0 aliphatic carbocycles. The molecule has 5 heteroatoms. The molecule has 0 radical (unpaired) electrons. The van der Waals surface area contributed by atoms with Gasteiger partial charge in [0, 0.05) is 5.56 Å². The van der Waals surface area contributed by atoms with Crippen LogP contribution >= 0.6 is 24.0 Å². The van der Waals surface area contributed by atoms with Gasteiger partial charge in [0.15, 0.2) is 5.96 Å². The number of para-hydroxylation sites is 1. The first-order chi connectivity index (χ1) is 8.58. The predicted molar refractivity (Wildman–Crippen MR) is 89.1 cm³/mol. The molecule has 1 aromatic rings. The topological polar surface area (TPSA) is 59.6 Å². The Hall–Kier alpha value is -1.24. The highest BCUT2D eigenvalue weighted by atomic mass is 127. The maximum absolute atomic E-state index is 5.86.